The lowest BCUT2D eigenvalue weighted by Gasteiger charge is -2.34. The van der Waals surface area contributed by atoms with Gasteiger partial charge in [0, 0.05) is 56.2 Å². The highest BCUT2D eigenvalue weighted by Gasteiger charge is 2.32. The summed E-state index contributed by atoms with van der Waals surface area (Å²) in [6.45, 7) is 6.50. The highest BCUT2D eigenvalue weighted by molar-refractivity contribution is 5.92. The predicted octanol–water partition coefficient (Wildman–Crippen LogP) is 1.98. The highest BCUT2D eigenvalue weighted by atomic mass is 16.2. The maximum absolute atomic E-state index is 13.3. The fraction of sp³-hybridized carbons (Fsp3) is 0.545. The van der Waals surface area contributed by atoms with E-state index < -0.39 is 0 Å². The van der Waals surface area contributed by atoms with E-state index in [4.69, 9.17) is 15.8 Å². The second kappa shape index (κ2) is 7.64. The van der Waals surface area contributed by atoms with Crippen molar-refractivity contribution in [3.8, 4) is 0 Å². The molecule has 3 aromatic heterocycles. The minimum Gasteiger partial charge on any atom is -0.355 e. The van der Waals surface area contributed by atoms with Gasteiger partial charge in [-0.15, -0.1) is 0 Å². The molecule has 0 unspecified atom stereocenters. The van der Waals surface area contributed by atoms with Gasteiger partial charge in [-0.1, -0.05) is 0 Å². The number of piperidine rings is 1. The number of rotatable bonds is 3. The first-order valence-corrected chi connectivity index (χ1v) is 11.1. The number of likely N-dealkylation sites (tertiary alicyclic amines) is 1. The normalized spacial score (nSPS) is 21.9. The van der Waals surface area contributed by atoms with Crippen molar-refractivity contribution >= 4 is 17.4 Å². The number of carbonyl (C=O) groups is 1. The SMILES string of the molecule is Cc1cn2nc([C@@H]3CCCCN3C(=O)c3cc(C)n(C)n3)cc2nc1N1CC[C@H](N)C1. The van der Waals surface area contributed by atoms with Gasteiger partial charge in [0.1, 0.15) is 5.82 Å². The van der Waals surface area contributed by atoms with Gasteiger partial charge in [-0.2, -0.15) is 10.2 Å². The van der Waals surface area contributed by atoms with Gasteiger partial charge >= 0.3 is 0 Å². The summed E-state index contributed by atoms with van der Waals surface area (Å²) >= 11 is 0. The number of fused-ring (bicyclic) bond motifs is 1. The van der Waals surface area contributed by atoms with Crippen molar-refractivity contribution in [1.29, 1.82) is 0 Å². The largest absolute Gasteiger partial charge is 0.355 e. The van der Waals surface area contributed by atoms with Crippen molar-refractivity contribution in [2.24, 2.45) is 12.8 Å². The lowest BCUT2D eigenvalue weighted by Crippen LogP contribution is -2.39. The van der Waals surface area contributed by atoms with Crippen molar-refractivity contribution < 1.29 is 4.79 Å². The fourth-order valence-corrected chi connectivity index (χ4v) is 4.78. The van der Waals surface area contributed by atoms with Crippen LogP contribution in [0.4, 0.5) is 5.82 Å². The van der Waals surface area contributed by atoms with Crippen LogP contribution in [-0.4, -0.2) is 60.9 Å². The number of aromatic nitrogens is 5. The van der Waals surface area contributed by atoms with Crippen LogP contribution in [0.25, 0.3) is 5.65 Å². The minimum atomic E-state index is -0.0609. The number of aryl methyl sites for hydroxylation is 3. The number of carbonyl (C=O) groups excluding carboxylic acids is 1. The van der Waals surface area contributed by atoms with Gasteiger partial charge in [-0.25, -0.2) is 9.50 Å². The average molecular weight is 423 g/mol. The van der Waals surface area contributed by atoms with Gasteiger partial charge in [0.15, 0.2) is 11.3 Å². The van der Waals surface area contributed by atoms with E-state index in [0.29, 0.717) is 5.69 Å². The molecule has 0 aromatic carbocycles. The third-order valence-corrected chi connectivity index (χ3v) is 6.59. The second-order valence-corrected chi connectivity index (χ2v) is 8.92. The maximum atomic E-state index is 13.3. The molecule has 0 bridgehead atoms. The molecule has 2 atom stereocenters. The molecule has 164 valence electrons. The van der Waals surface area contributed by atoms with Crippen LogP contribution in [0.2, 0.25) is 0 Å². The zero-order chi connectivity index (χ0) is 21.7. The maximum Gasteiger partial charge on any atom is 0.274 e. The Morgan fingerprint density at radius 2 is 1.97 bits per heavy atom. The van der Waals surface area contributed by atoms with E-state index in [0.717, 1.165) is 73.7 Å². The van der Waals surface area contributed by atoms with Gasteiger partial charge in [-0.3, -0.25) is 9.48 Å². The first-order valence-electron chi connectivity index (χ1n) is 11.1. The molecule has 0 spiro atoms. The average Bonchev–Trinajstić information content (AvgIpc) is 3.45. The highest BCUT2D eigenvalue weighted by Crippen LogP contribution is 2.32. The number of anilines is 1. The molecule has 5 heterocycles. The molecule has 0 aliphatic carbocycles. The Hall–Kier alpha value is -2.94. The lowest BCUT2D eigenvalue weighted by molar-refractivity contribution is 0.0598. The first kappa shape index (κ1) is 20.0. The van der Waals surface area contributed by atoms with Gasteiger partial charge in [0.2, 0.25) is 0 Å². The van der Waals surface area contributed by atoms with Crippen LogP contribution in [-0.2, 0) is 7.05 Å². The van der Waals surface area contributed by atoms with Crippen LogP contribution in [0.1, 0.15) is 59.2 Å². The van der Waals surface area contributed by atoms with E-state index in [1.54, 1.807) is 4.68 Å². The van der Waals surface area contributed by atoms with Crippen molar-refractivity contribution in [2.45, 2.75) is 51.6 Å². The predicted molar refractivity (Wildman–Crippen MR) is 118 cm³/mol. The molecule has 31 heavy (non-hydrogen) atoms. The molecule has 2 N–H and O–H groups in total. The standard InChI is InChI=1S/C22H30N8O/c1-14-12-30-20(24-21(14)28-9-7-16(23)13-28)11-17(26-30)19-6-4-5-8-29(19)22(31)18-10-15(2)27(3)25-18/h10-12,16,19H,4-9,13,23H2,1-3H3/t16-,19-/m0/s1. The fourth-order valence-electron chi connectivity index (χ4n) is 4.78. The molecule has 3 aromatic rings. The zero-order valence-corrected chi connectivity index (χ0v) is 18.5. The van der Waals surface area contributed by atoms with Crippen molar-refractivity contribution in [2.75, 3.05) is 24.5 Å². The van der Waals surface area contributed by atoms with Crippen molar-refractivity contribution in [3.05, 3.63) is 41.0 Å². The van der Waals surface area contributed by atoms with Crippen LogP contribution in [0, 0.1) is 13.8 Å². The third-order valence-electron chi connectivity index (χ3n) is 6.59. The molecular formula is C22H30N8O. The Morgan fingerprint density at radius 1 is 1.13 bits per heavy atom. The molecule has 9 nitrogen and oxygen atoms in total. The summed E-state index contributed by atoms with van der Waals surface area (Å²) in [7, 11) is 1.86. The van der Waals surface area contributed by atoms with E-state index >= 15 is 0 Å². The topological polar surface area (TPSA) is 97.6 Å². The van der Waals surface area contributed by atoms with Crippen molar-refractivity contribution in [3.63, 3.8) is 0 Å². The third kappa shape index (κ3) is 3.56. The molecule has 5 rings (SSSR count). The summed E-state index contributed by atoms with van der Waals surface area (Å²) in [4.78, 5) is 22.3. The molecule has 9 heteroatoms. The number of nitrogens with zero attached hydrogens (tertiary/aromatic N) is 7. The molecule has 0 radical (unpaired) electrons. The second-order valence-electron chi connectivity index (χ2n) is 8.92. The Kier molecular flexibility index (Phi) is 4.92. The van der Waals surface area contributed by atoms with E-state index in [1.165, 1.54) is 0 Å². The molecule has 1 amide bonds. The minimum absolute atomic E-state index is 0.0265. The van der Waals surface area contributed by atoms with Crippen LogP contribution < -0.4 is 10.6 Å². The lowest BCUT2D eigenvalue weighted by atomic mass is 9.99. The zero-order valence-electron chi connectivity index (χ0n) is 18.5. The van der Waals surface area contributed by atoms with E-state index in [1.807, 2.05) is 41.7 Å². The summed E-state index contributed by atoms with van der Waals surface area (Å²) in [5, 5.41) is 9.22. The Balaban J connectivity index is 1.47. The van der Waals surface area contributed by atoms with E-state index in [2.05, 4.69) is 16.9 Å². The number of hydrogen-bond acceptors (Lipinski definition) is 6. The molecule has 2 fully saturated rings. The van der Waals surface area contributed by atoms with Crippen LogP contribution in [0.5, 0.6) is 0 Å². The summed E-state index contributed by atoms with van der Waals surface area (Å²) in [5.74, 6) is 0.953. The summed E-state index contributed by atoms with van der Waals surface area (Å²) < 4.78 is 3.59. The smallest absolute Gasteiger partial charge is 0.274 e. The molecule has 0 saturated carbocycles. The van der Waals surface area contributed by atoms with Crippen molar-refractivity contribution in [1.82, 2.24) is 29.3 Å². The summed E-state index contributed by atoms with van der Waals surface area (Å²) in [6, 6.07) is 4.03. The summed E-state index contributed by atoms with van der Waals surface area (Å²) in [5.41, 5.74) is 10.3. The van der Waals surface area contributed by atoms with Gasteiger partial charge in [0.05, 0.1) is 11.7 Å². The van der Waals surface area contributed by atoms with E-state index in [-0.39, 0.29) is 18.0 Å². The number of hydrogen-bond donors (Lipinski definition) is 1. The molecule has 2 aliphatic rings. The van der Waals surface area contributed by atoms with Crippen LogP contribution in [0.15, 0.2) is 18.3 Å². The van der Waals surface area contributed by atoms with Gasteiger partial charge in [-0.05, 0) is 45.6 Å². The Morgan fingerprint density at radius 3 is 2.68 bits per heavy atom. The van der Waals surface area contributed by atoms with Crippen LogP contribution in [0.3, 0.4) is 0 Å². The van der Waals surface area contributed by atoms with Gasteiger partial charge < -0.3 is 15.5 Å². The Bertz CT molecular complexity index is 1110. The molecule has 2 saturated heterocycles. The monoisotopic (exact) mass is 422 g/mol. The van der Waals surface area contributed by atoms with Crippen LogP contribution >= 0.6 is 0 Å². The molecular weight excluding hydrogens is 392 g/mol. The quantitative estimate of drug-likeness (QED) is 0.693. The number of amides is 1. The van der Waals surface area contributed by atoms with Gasteiger partial charge in [0.25, 0.3) is 5.91 Å². The Labute approximate surface area is 181 Å². The first-order chi connectivity index (χ1) is 14.9. The summed E-state index contributed by atoms with van der Waals surface area (Å²) in [6.07, 6.45) is 5.99. The number of nitrogens with two attached hydrogens (primary N) is 1. The molecule has 2 aliphatic heterocycles. The van der Waals surface area contributed by atoms with E-state index in [9.17, 15) is 4.79 Å².